The molecule has 3 heterocycles. The lowest BCUT2D eigenvalue weighted by Gasteiger charge is -2.39. The third-order valence-electron chi connectivity index (χ3n) is 4.69. The summed E-state index contributed by atoms with van der Waals surface area (Å²) in [5, 5.41) is 9.36. The number of aromatic nitrogens is 3. The first-order valence-corrected chi connectivity index (χ1v) is 8.66. The fraction of sp³-hybridized carbons (Fsp3) is 0.316. The van der Waals surface area contributed by atoms with Crippen LogP contribution in [0.25, 0.3) is 10.8 Å². The summed E-state index contributed by atoms with van der Waals surface area (Å²) in [5.41, 5.74) is 0. The third-order valence-corrected chi connectivity index (χ3v) is 4.69. The van der Waals surface area contributed by atoms with Crippen molar-refractivity contribution in [3.63, 3.8) is 0 Å². The van der Waals surface area contributed by atoms with Gasteiger partial charge in [-0.1, -0.05) is 24.3 Å². The average Bonchev–Trinajstić information content (AvgIpc) is 2.69. The molecule has 0 amide bonds. The van der Waals surface area contributed by atoms with E-state index >= 15 is 0 Å². The number of hydrogen-bond donors (Lipinski definition) is 2. The molecule has 2 unspecified atom stereocenters. The Kier molecular flexibility index (Phi) is 4.54. The molecule has 4 rings (SSSR count). The van der Waals surface area contributed by atoms with Gasteiger partial charge in [-0.25, -0.2) is 15.0 Å². The highest BCUT2D eigenvalue weighted by atomic mass is 15.3. The molecule has 0 saturated carbocycles. The summed E-state index contributed by atoms with van der Waals surface area (Å²) >= 11 is 0. The van der Waals surface area contributed by atoms with Gasteiger partial charge in [-0.15, -0.1) is 0 Å². The maximum atomic E-state index is 4.55. The van der Waals surface area contributed by atoms with Crippen molar-refractivity contribution in [3.05, 3.63) is 60.8 Å². The van der Waals surface area contributed by atoms with E-state index in [4.69, 9.17) is 0 Å². The Bertz CT molecular complexity index is 832. The molecule has 0 aliphatic carbocycles. The molecule has 25 heavy (non-hydrogen) atoms. The van der Waals surface area contributed by atoms with Crippen LogP contribution in [0.15, 0.2) is 55.0 Å². The number of nitrogens with one attached hydrogen (secondary N) is 2. The van der Waals surface area contributed by atoms with Crippen LogP contribution in [0.2, 0.25) is 0 Å². The molecule has 3 aromatic rings. The van der Waals surface area contributed by atoms with Crippen molar-refractivity contribution in [3.8, 4) is 0 Å². The van der Waals surface area contributed by atoms with Crippen LogP contribution >= 0.6 is 0 Å². The largest absolute Gasteiger partial charge is 0.354 e. The highest BCUT2D eigenvalue weighted by molar-refractivity contribution is 5.91. The van der Waals surface area contributed by atoms with Crippen LogP contribution in [-0.2, 0) is 0 Å². The Morgan fingerprint density at radius 1 is 1.08 bits per heavy atom. The second-order valence-electron chi connectivity index (χ2n) is 6.27. The third kappa shape index (κ3) is 3.31. The molecule has 6 heteroatoms. The number of nitrogens with zero attached hydrogens (tertiary/aromatic N) is 4. The molecule has 1 aromatic carbocycles. The Balaban J connectivity index is 1.59. The fourth-order valence-electron chi connectivity index (χ4n) is 3.42. The van der Waals surface area contributed by atoms with Crippen molar-refractivity contribution in [2.45, 2.75) is 19.1 Å². The first-order valence-electron chi connectivity index (χ1n) is 8.66. The number of piperazine rings is 1. The Labute approximate surface area is 147 Å². The molecular weight excluding hydrogens is 312 g/mol. The molecule has 0 spiro atoms. The second kappa shape index (κ2) is 7.13. The molecule has 1 fully saturated rings. The molecule has 2 aromatic heterocycles. The van der Waals surface area contributed by atoms with Crippen LogP contribution in [0.5, 0.6) is 0 Å². The molecule has 0 bridgehead atoms. The Morgan fingerprint density at radius 2 is 1.92 bits per heavy atom. The van der Waals surface area contributed by atoms with Crippen LogP contribution in [0.4, 0.5) is 5.82 Å². The van der Waals surface area contributed by atoms with Crippen molar-refractivity contribution in [1.82, 2.24) is 25.2 Å². The van der Waals surface area contributed by atoms with Gasteiger partial charge in [-0.3, -0.25) is 4.90 Å². The van der Waals surface area contributed by atoms with Gasteiger partial charge in [0.1, 0.15) is 11.6 Å². The van der Waals surface area contributed by atoms with E-state index in [0.29, 0.717) is 0 Å². The SMILES string of the molecule is CC(Nc1nccc2ccccc12)N1CCNCC1c1ncccn1. The first-order chi connectivity index (χ1) is 12.3. The summed E-state index contributed by atoms with van der Waals surface area (Å²) < 4.78 is 0. The zero-order valence-corrected chi connectivity index (χ0v) is 14.3. The predicted octanol–water partition coefficient (Wildman–Crippen LogP) is 2.43. The van der Waals surface area contributed by atoms with Gasteiger partial charge in [0.15, 0.2) is 0 Å². The predicted molar refractivity (Wildman–Crippen MR) is 99.2 cm³/mol. The van der Waals surface area contributed by atoms with Crippen LogP contribution < -0.4 is 10.6 Å². The van der Waals surface area contributed by atoms with E-state index in [-0.39, 0.29) is 12.2 Å². The molecule has 6 nitrogen and oxygen atoms in total. The maximum absolute atomic E-state index is 4.55. The standard InChI is InChI=1S/C19H22N6/c1-14(24-18-16-6-3-2-5-15(16)7-10-23-18)25-12-11-20-13-17(25)19-21-8-4-9-22-19/h2-10,14,17,20H,11-13H2,1H3,(H,23,24). The van der Waals surface area contributed by atoms with Crippen LogP contribution in [0.3, 0.4) is 0 Å². The lowest BCUT2D eigenvalue weighted by Crippen LogP contribution is -2.52. The van der Waals surface area contributed by atoms with E-state index in [9.17, 15) is 0 Å². The van der Waals surface area contributed by atoms with E-state index in [0.717, 1.165) is 36.7 Å². The quantitative estimate of drug-likeness (QED) is 0.764. The van der Waals surface area contributed by atoms with Crippen LogP contribution in [-0.4, -0.2) is 45.7 Å². The molecule has 1 aliphatic heterocycles. The lowest BCUT2D eigenvalue weighted by atomic mass is 10.1. The normalized spacial score (nSPS) is 19.6. The van der Waals surface area contributed by atoms with Gasteiger partial charge in [0.05, 0.1) is 12.2 Å². The summed E-state index contributed by atoms with van der Waals surface area (Å²) in [5.74, 6) is 1.77. The first kappa shape index (κ1) is 15.9. The fourth-order valence-corrected chi connectivity index (χ4v) is 3.42. The highest BCUT2D eigenvalue weighted by Crippen LogP contribution is 2.25. The molecule has 2 N–H and O–H groups in total. The highest BCUT2D eigenvalue weighted by Gasteiger charge is 2.29. The van der Waals surface area contributed by atoms with Crippen molar-refractivity contribution >= 4 is 16.6 Å². The second-order valence-corrected chi connectivity index (χ2v) is 6.27. The topological polar surface area (TPSA) is 66.0 Å². The minimum absolute atomic E-state index is 0.120. The van der Waals surface area contributed by atoms with Crippen molar-refractivity contribution < 1.29 is 0 Å². The summed E-state index contributed by atoms with van der Waals surface area (Å²) in [6, 6.07) is 12.3. The number of benzene rings is 1. The zero-order valence-electron chi connectivity index (χ0n) is 14.3. The van der Waals surface area contributed by atoms with Gasteiger partial charge in [0, 0.05) is 43.6 Å². The van der Waals surface area contributed by atoms with E-state index in [1.165, 1.54) is 5.39 Å². The number of anilines is 1. The van der Waals surface area contributed by atoms with Crippen LogP contribution in [0.1, 0.15) is 18.8 Å². The van der Waals surface area contributed by atoms with Crippen molar-refractivity contribution in [1.29, 1.82) is 0 Å². The summed E-state index contributed by atoms with van der Waals surface area (Å²) in [6.07, 6.45) is 5.58. The van der Waals surface area contributed by atoms with Gasteiger partial charge in [0.2, 0.25) is 0 Å². The summed E-state index contributed by atoms with van der Waals surface area (Å²) in [7, 11) is 0. The van der Waals surface area contributed by atoms with E-state index in [1.54, 1.807) is 12.4 Å². The molecular formula is C19H22N6. The van der Waals surface area contributed by atoms with E-state index in [2.05, 4.69) is 55.6 Å². The summed E-state index contributed by atoms with van der Waals surface area (Å²) in [4.78, 5) is 15.9. The number of pyridine rings is 1. The van der Waals surface area contributed by atoms with Gasteiger partial charge < -0.3 is 10.6 Å². The molecule has 1 aliphatic rings. The van der Waals surface area contributed by atoms with Gasteiger partial charge in [0.25, 0.3) is 0 Å². The minimum atomic E-state index is 0.120. The monoisotopic (exact) mass is 334 g/mol. The Morgan fingerprint density at radius 3 is 2.80 bits per heavy atom. The molecule has 1 saturated heterocycles. The van der Waals surface area contributed by atoms with Gasteiger partial charge >= 0.3 is 0 Å². The zero-order chi connectivity index (χ0) is 17.1. The molecule has 128 valence electrons. The number of hydrogen-bond acceptors (Lipinski definition) is 6. The van der Waals surface area contributed by atoms with Crippen LogP contribution in [0, 0.1) is 0 Å². The van der Waals surface area contributed by atoms with Crippen molar-refractivity contribution in [2.24, 2.45) is 0 Å². The van der Waals surface area contributed by atoms with E-state index < -0.39 is 0 Å². The maximum Gasteiger partial charge on any atom is 0.146 e. The average molecular weight is 334 g/mol. The number of rotatable bonds is 4. The van der Waals surface area contributed by atoms with E-state index in [1.807, 2.05) is 24.4 Å². The minimum Gasteiger partial charge on any atom is -0.354 e. The summed E-state index contributed by atoms with van der Waals surface area (Å²) in [6.45, 7) is 4.91. The molecule has 0 radical (unpaired) electrons. The van der Waals surface area contributed by atoms with Crippen molar-refractivity contribution in [2.75, 3.05) is 25.0 Å². The number of fused-ring (bicyclic) bond motifs is 1. The smallest absolute Gasteiger partial charge is 0.146 e. The molecule has 2 atom stereocenters. The lowest BCUT2D eigenvalue weighted by molar-refractivity contribution is 0.122. The van der Waals surface area contributed by atoms with Gasteiger partial charge in [-0.2, -0.15) is 0 Å². The Hall–Kier alpha value is -2.57. The van der Waals surface area contributed by atoms with Gasteiger partial charge in [-0.05, 0) is 24.4 Å².